The summed E-state index contributed by atoms with van der Waals surface area (Å²) >= 11 is 0. The number of hydrogen-bond donors (Lipinski definition) is 0. The number of hydrogen-bond acceptors (Lipinski definition) is 1. The second-order valence-electron chi connectivity index (χ2n) is 3.08. The van der Waals surface area contributed by atoms with Gasteiger partial charge < -0.3 is 0 Å². The molecule has 0 saturated heterocycles. The predicted octanol–water partition coefficient (Wildman–Crippen LogP) is 3.99. The molecule has 1 rings (SSSR count). The van der Waals surface area contributed by atoms with E-state index in [1.807, 2.05) is 6.92 Å². The highest BCUT2D eigenvalue weighted by Crippen LogP contribution is 2.32. The maximum atomic E-state index is 12.4. The van der Waals surface area contributed by atoms with Crippen molar-refractivity contribution in [3.63, 3.8) is 0 Å². The Balaban J connectivity index is 3.19. The molecule has 0 radical (unpaired) electrons. The van der Waals surface area contributed by atoms with E-state index in [1.54, 1.807) is 13.1 Å². The summed E-state index contributed by atoms with van der Waals surface area (Å²) in [6, 6.07) is 3.62. The highest BCUT2D eigenvalue weighted by molar-refractivity contribution is 5.62. The molecule has 1 aromatic carbocycles. The largest absolute Gasteiger partial charge is 0.416 e. The number of alkyl halides is 3. The molecular weight excluding hydrogens is 203 g/mol. The van der Waals surface area contributed by atoms with Crippen LogP contribution in [-0.4, -0.2) is 6.21 Å². The predicted molar refractivity (Wildman–Crippen MR) is 54.6 cm³/mol. The van der Waals surface area contributed by atoms with E-state index in [1.165, 1.54) is 6.07 Å². The zero-order chi connectivity index (χ0) is 11.5. The normalized spacial score (nSPS) is 12.3. The molecule has 0 bridgehead atoms. The molecule has 1 nitrogen and oxygen atoms in total. The van der Waals surface area contributed by atoms with Crippen LogP contribution in [0, 0.1) is 0 Å². The van der Waals surface area contributed by atoms with Gasteiger partial charge in [-0.1, -0.05) is 6.92 Å². The zero-order valence-corrected chi connectivity index (χ0v) is 8.60. The quantitative estimate of drug-likeness (QED) is 0.661. The molecule has 0 aliphatic rings. The number of aliphatic imine (C=N–C) groups is 1. The van der Waals surface area contributed by atoms with Crippen LogP contribution in [-0.2, 0) is 12.6 Å². The summed E-state index contributed by atoms with van der Waals surface area (Å²) in [6.07, 6.45) is -2.17. The first kappa shape index (κ1) is 11.8. The van der Waals surface area contributed by atoms with E-state index in [4.69, 9.17) is 0 Å². The Morgan fingerprint density at radius 1 is 1.33 bits per heavy atom. The Morgan fingerprint density at radius 2 is 2.00 bits per heavy atom. The number of halogens is 3. The molecule has 0 unspecified atom stereocenters. The van der Waals surface area contributed by atoms with Crippen LogP contribution < -0.4 is 0 Å². The molecule has 0 amide bonds. The van der Waals surface area contributed by atoms with Gasteiger partial charge in [-0.3, -0.25) is 4.99 Å². The van der Waals surface area contributed by atoms with Gasteiger partial charge in [0.1, 0.15) is 0 Å². The van der Waals surface area contributed by atoms with E-state index in [0.29, 0.717) is 17.7 Å². The van der Waals surface area contributed by atoms with E-state index in [-0.39, 0.29) is 0 Å². The van der Waals surface area contributed by atoms with E-state index in [9.17, 15) is 13.2 Å². The summed E-state index contributed by atoms with van der Waals surface area (Å²) in [4.78, 5) is 4.01. The number of aryl methyl sites for hydroxylation is 1. The second kappa shape index (κ2) is 4.47. The van der Waals surface area contributed by atoms with Gasteiger partial charge in [0.2, 0.25) is 0 Å². The summed E-state index contributed by atoms with van der Waals surface area (Å²) in [5, 5.41) is 0. The van der Waals surface area contributed by atoms with Crippen LogP contribution in [0.2, 0.25) is 0 Å². The molecule has 0 saturated carbocycles. The molecule has 0 aromatic heterocycles. The lowest BCUT2D eigenvalue weighted by atomic mass is 10.1. The van der Waals surface area contributed by atoms with Crippen molar-refractivity contribution in [3.8, 4) is 0 Å². The number of nitrogens with zero attached hydrogens (tertiary/aromatic N) is 1. The Morgan fingerprint density at radius 3 is 2.47 bits per heavy atom. The van der Waals surface area contributed by atoms with Crippen LogP contribution in [0.3, 0.4) is 0 Å². The van der Waals surface area contributed by atoms with Crippen LogP contribution >= 0.6 is 0 Å². The van der Waals surface area contributed by atoms with Crippen molar-refractivity contribution in [2.45, 2.75) is 26.4 Å². The molecule has 0 spiro atoms. The summed E-state index contributed by atoms with van der Waals surface area (Å²) in [5.41, 5.74) is 0.602. The summed E-state index contributed by atoms with van der Waals surface area (Å²) in [7, 11) is 0. The van der Waals surface area contributed by atoms with Crippen molar-refractivity contribution in [2.24, 2.45) is 4.99 Å². The SMILES string of the molecule is CC=Nc1ccc(C(F)(F)F)cc1CC. The van der Waals surface area contributed by atoms with Gasteiger partial charge in [-0.15, -0.1) is 0 Å². The zero-order valence-electron chi connectivity index (χ0n) is 8.60. The maximum absolute atomic E-state index is 12.4. The Kier molecular flexibility index (Phi) is 3.50. The van der Waals surface area contributed by atoms with Crippen LogP contribution in [0.15, 0.2) is 23.2 Å². The summed E-state index contributed by atoms with van der Waals surface area (Å²) in [6.45, 7) is 3.54. The van der Waals surface area contributed by atoms with Crippen LogP contribution in [0.5, 0.6) is 0 Å². The standard InChI is InChI=1S/C11H12F3N/c1-3-8-7-9(11(12,13)14)5-6-10(8)15-4-2/h4-7H,3H2,1-2H3. The fraction of sp³-hybridized carbons (Fsp3) is 0.364. The third kappa shape index (κ3) is 2.81. The van der Waals surface area contributed by atoms with Gasteiger partial charge in [-0.25, -0.2) is 0 Å². The molecule has 0 aliphatic heterocycles. The number of rotatable bonds is 2. The van der Waals surface area contributed by atoms with Gasteiger partial charge in [0, 0.05) is 6.21 Å². The molecule has 82 valence electrons. The lowest BCUT2D eigenvalue weighted by Crippen LogP contribution is -2.05. The molecule has 0 aliphatic carbocycles. The molecule has 0 atom stereocenters. The van der Waals surface area contributed by atoms with E-state index in [0.717, 1.165) is 12.1 Å². The lowest BCUT2D eigenvalue weighted by Gasteiger charge is -2.09. The number of benzene rings is 1. The molecular formula is C11H12F3N. The van der Waals surface area contributed by atoms with E-state index < -0.39 is 11.7 Å². The first-order valence-electron chi connectivity index (χ1n) is 4.67. The van der Waals surface area contributed by atoms with Crippen molar-refractivity contribution in [1.29, 1.82) is 0 Å². The second-order valence-corrected chi connectivity index (χ2v) is 3.08. The first-order valence-corrected chi connectivity index (χ1v) is 4.67. The summed E-state index contributed by atoms with van der Waals surface area (Å²) in [5.74, 6) is 0. The third-order valence-electron chi connectivity index (χ3n) is 2.06. The molecule has 0 fully saturated rings. The van der Waals surface area contributed by atoms with Gasteiger partial charge in [0.15, 0.2) is 0 Å². The first-order chi connectivity index (χ1) is 6.99. The topological polar surface area (TPSA) is 12.4 Å². The third-order valence-corrected chi connectivity index (χ3v) is 2.06. The lowest BCUT2D eigenvalue weighted by molar-refractivity contribution is -0.137. The van der Waals surface area contributed by atoms with Crippen molar-refractivity contribution in [3.05, 3.63) is 29.3 Å². The van der Waals surface area contributed by atoms with Crippen molar-refractivity contribution >= 4 is 11.9 Å². The molecule has 1 aromatic rings. The fourth-order valence-corrected chi connectivity index (χ4v) is 1.31. The highest BCUT2D eigenvalue weighted by Gasteiger charge is 2.30. The monoisotopic (exact) mass is 215 g/mol. The minimum atomic E-state index is -4.28. The van der Waals surface area contributed by atoms with E-state index in [2.05, 4.69) is 4.99 Å². The van der Waals surface area contributed by atoms with Crippen LogP contribution in [0.4, 0.5) is 18.9 Å². The molecule has 4 heteroatoms. The van der Waals surface area contributed by atoms with Gasteiger partial charge in [-0.2, -0.15) is 13.2 Å². The van der Waals surface area contributed by atoms with Gasteiger partial charge in [-0.05, 0) is 37.1 Å². The molecule has 15 heavy (non-hydrogen) atoms. The molecule has 0 heterocycles. The minimum absolute atomic E-state index is 0.538. The van der Waals surface area contributed by atoms with Crippen LogP contribution in [0.1, 0.15) is 25.0 Å². The average molecular weight is 215 g/mol. The fourth-order valence-electron chi connectivity index (χ4n) is 1.31. The smallest absolute Gasteiger partial charge is 0.261 e. The van der Waals surface area contributed by atoms with Gasteiger partial charge in [0.05, 0.1) is 11.3 Å². The summed E-state index contributed by atoms with van der Waals surface area (Å²) < 4.78 is 37.1. The average Bonchev–Trinajstić information content (AvgIpc) is 2.17. The Bertz CT molecular complexity index is 367. The van der Waals surface area contributed by atoms with Crippen molar-refractivity contribution < 1.29 is 13.2 Å². The van der Waals surface area contributed by atoms with Crippen molar-refractivity contribution in [2.75, 3.05) is 0 Å². The Hall–Kier alpha value is -1.32. The van der Waals surface area contributed by atoms with Crippen LogP contribution in [0.25, 0.3) is 0 Å². The van der Waals surface area contributed by atoms with Gasteiger partial charge in [0.25, 0.3) is 0 Å². The maximum Gasteiger partial charge on any atom is 0.416 e. The minimum Gasteiger partial charge on any atom is -0.261 e. The highest BCUT2D eigenvalue weighted by atomic mass is 19.4. The Labute approximate surface area is 86.6 Å². The van der Waals surface area contributed by atoms with Gasteiger partial charge >= 0.3 is 6.18 Å². The molecule has 0 N–H and O–H groups in total. The van der Waals surface area contributed by atoms with Crippen molar-refractivity contribution in [1.82, 2.24) is 0 Å². The van der Waals surface area contributed by atoms with E-state index >= 15 is 0 Å².